The lowest BCUT2D eigenvalue weighted by Crippen LogP contribution is -2.51. The zero-order chi connectivity index (χ0) is 13.8. The van der Waals surface area contributed by atoms with Crippen molar-refractivity contribution in [2.75, 3.05) is 20.1 Å². The van der Waals surface area contributed by atoms with Crippen molar-refractivity contribution in [3.8, 4) is 0 Å². The van der Waals surface area contributed by atoms with E-state index >= 15 is 0 Å². The molecule has 0 aromatic heterocycles. The second-order valence-corrected chi connectivity index (χ2v) is 6.47. The highest BCUT2D eigenvalue weighted by Gasteiger charge is 2.34. The molecule has 2 aliphatic rings. The average Bonchev–Trinajstić information content (AvgIpc) is 2.37. The number of hydrogen-bond donors (Lipinski definition) is 2. The highest BCUT2D eigenvalue weighted by atomic mass is 16.1. The van der Waals surface area contributed by atoms with Crippen molar-refractivity contribution in [3.05, 3.63) is 0 Å². The summed E-state index contributed by atoms with van der Waals surface area (Å²) in [6.07, 6.45) is 7.05. The summed E-state index contributed by atoms with van der Waals surface area (Å²) in [5.41, 5.74) is 6.14. The lowest BCUT2D eigenvalue weighted by Gasteiger charge is -2.35. The van der Waals surface area contributed by atoms with Crippen molar-refractivity contribution >= 4 is 5.91 Å². The van der Waals surface area contributed by atoms with Crippen molar-refractivity contribution < 1.29 is 4.79 Å². The maximum atomic E-state index is 12.4. The van der Waals surface area contributed by atoms with Gasteiger partial charge in [-0.2, -0.15) is 0 Å². The van der Waals surface area contributed by atoms with Crippen molar-refractivity contribution in [1.29, 1.82) is 0 Å². The minimum atomic E-state index is 0.0163. The van der Waals surface area contributed by atoms with Gasteiger partial charge in [0.15, 0.2) is 0 Å². The third-order valence-electron chi connectivity index (χ3n) is 5.01. The lowest BCUT2D eigenvalue weighted by atomic mass is 9.76. The van der Waals surface area contributed by atoms with Crippen LogP contribution in [0, 0.1) is 11.8 Å². The molecule has 2 rings (SSSR count). The number of nitrogens with one attached hydrogen (secondary N) is 1. The van der Waals surface area contributed by atoms with E-state index in [1.807, 2.05) is 0 Å². The van der Waals surface area contributed by atoms with Gasteiger partial charge in [0.05, 0.1) is 5.92 Å². The molecular weight excluding hydrogens is 238 g/mol. The fourth-order valence-electron chi connectivity index (χ4n) is 3.65. The normalized spacial score (nSPS) is 37.0. The maximum Gasteiger partial charge on any atom is 0.225 e. The molecule has 0 spiro atoms. The maximum absolute atomic E-state index is 12.4. The molecule has 1 aliphatic heterocycles. The Morgan fingerprint density at radius 3 is 2.74 bits per heavy atom. The Morgan fingerprint density at radius 2 is 2.05 bits per heavy atom. The number of likely N-dealkylation sites (N-methyl/N-ethyl adjacent to an activating group) is 1. The first-order valence-electron chi connectivity index (χ1n) is 7.83. The molecule has 0 bridgehead atoms. The molecule has 110 valence electrons. The van der Waals surface area contributed by atoms with Crippen LogP contribution in [0.25, 0.3) is 0 Å². The van der Waals surface area contributed by atoms with Crippen LogP contribution < -0.4 is 11.1 Å². The molecule has 1 aliphatic carbocycles. The molecule has 4 nitrogen and oxygen atoms in total. The highest BCUT2D eigenvalue weighted by Crippen LogP contribution is 2.29. The largest absolute Gasteiger partial charge is 0.354 e. The van der Waals surface area contributed by atoms with Crippen LogP contribution in [0.1, 0.15) is 45.4 Å². The van der Waals surface area contributed by atoms with E-state index in [2.05, 4.69) is 24.2 Å². The summed E-state index contributed by atoms with van der Waals surface area (Å²) in [4.78, 5) is 14.7. The molecule has 4 atom stereocenters. The van der Waals surface area contributed by atoms with Crippen molar-refractivity contribution in [2.24, 2.45) is 17.6 Å². The van der Waals surface area contributed by atoms with E-state index < -0.39 is 0 Å². The highest BCUT2D eigenvalue weighted by molar-refractivity contribution is 5.79. The van der Waals surface area contributed by atoms with Gasteiger partial charge in [-0.15, -0.1) is 0 Å². The minimum absolute atomic E-state index is 0.0163. The molecule has 0 aromatic rings. The Hall–Kier alpha value is -0.610. The summed E-state index contributed by atoms with van der Waals surface area (Å²) in [7, 11) is 2.16. The Bertz CT molecular complexity index is 298. The zero-order valence-corrected chi connectivity index (χ0v) is 12.4. The molecular formula is C15H29N3O. The number of carbonyl (C=O) groups is 1. The van der Waals surface area contributed by atoms with Gasteiger partial charge in [0.25, 0.3) is 0 Å². The van der Waals surface area contributed by atoms with E-state index in [-0.39, 0.29) is 17.9 Å². The molecule has 19 heavy (non-hydrogen) atoms. The van der Waals surface area contributed by atoms with Crippen LogP contribution in [0.2, 0.25) is 0 Å². The van der Waals surface area contributed by atoms with Crippen LogP contribution in [-0.2, 0) is 4.79 Å². The lowest BCUT2D eigenvalue weighted by molar-refractivity contribution is -0.128. The first-order chi connectivity index (χ1) is 9.09. The predicted octanol–water partition coefficient (Wildman–Crippen LogP) is 1.35. The Kier molecular flexibility index (Phi) is 5.22. The molecule has 2 fully saturated rings. The van der Waals surface area contributed by atoms with Gasteiger partial charge in [-0.05, 0) is 45.2 Å². The van der Waals surface area contributed by atoms with Crippen LogP contribution in [0.4, 0.5) is 0 Å². The molecule has 1 saturated heterocycles. The van der Waals surface area contributed by atoms with E-state index in [0.29, 0.717) is 12.0 Å². The second-order valence-electron chi connectivity index (χ2n) is 6.47. The number of rotatable bonds is 3. The molecule has 1 saturated carbocycles. The number of amides is 1. The number of carbonyl (C=O) groups excluding carboxylic acids is 1. The zero-order valence-electron chi connectivity index (χ0n) is 12.4. The summed E-state index contributed by atoms with van der Waals surface area (Å²) in [6.45, 7) is 4.10. The molecule has 1 heterocycles. The molecule has 4 unspecified atom stereocenters. The SMILES string of the molecule is CC1CCCC(N)C1C(=O)NCC1CCCCN1C. The second kappa shape index (κ2) is 6.71. The fraction of sp³-hybridized carbons (Fsp3) is 0.933. The quantitative estimate of drug-likeness (QED) is 0.811. The van der Waals surface area contributed by atoms with Crippen LogP contribution in [0.3, 0.4) is 0 Å². The van der Waals surface area contributed by atoms with Crippen molar-refractivity contribution in [3.63, 3.8) is 0 Å². The summed E-state index contributed by atoms with van der Waals surface area (Å²) < 4.78 is 0. The third kappa shape index (κ3) is 3.69. The smallest absolute Gasteiger partial charge is 0.225 e. The van der Waals surface area contributed by atoms with Crippen molar-refractivity contribution in [1.82, 2.24) is 10.2 Å². The van der Waals surface area contributed by atoms with Crippen LogP contribution in [-0.4, -0.2) is 43.0 Å². The fourth-order valence-corrected chi connectivity index (χ4v) is 3.65. The number of likely N-dealkylation sites (tertiary alicyclic amines) is 1. The first-order valence-corrected chi connectivity index (χ1v) is 7.83. The Balaban J connectivity index is 1.82. The van der Waals surface area contributed by atoms with Crippen LogP contribution in [0.15, 0.2) is 0 Å². The topological polar surface area (TPSA) is 58.4 Å². The van der Waals surface area contributed by atoms with Gasteiger partial charge in [0.2, 0.25) is 5.91 Å². The predicted molar refractivity (Wildman–Crippen MR) is 77.8 cm³/mol. The van der Waals surface area contributed by atoms with Gasteiger partial charge in [0.1, 0.15) is 0 Å². The monoisotopic (exact) mass is 267 g/mol. The van der Waals surface area contributed by atoms with Crippen LogP contribution >= 0.6 is 0 Å². The summed E-state index contributed by atoms with van der Waals surface area (Å²) in [5.74, 6) is 0.620. The summed E-state index contributed by atoms with van der Waals surface area (Å²) in [5, 5.41) is 3.15. The number of nitrogens with two attached hydrogens (primary N) is 1. The van der Waals surface area contributed by atoms with Gasteiger partial charge >= 0.3 is 0 Å². The first kappa shape index (κ1) is 14.8. The molecule has 3 N–H and O–H groups in total. The summed E-state index contributed by atoms with van der Waals surface area (Å²) in [6, 6.07) is 0.556. The number of nitrogens with zero attached hydrogens (tertiary/aromatic N) is 1. The number of hydrogen-bond acceptors (Lipinski definition) is 3. The van der Waals surface area contributed by atoms with E-state index in [1.54, 1.807) is 0 Å². The van der Waals surface area contributed by atoms with Crippen LogP contribution in [0.5, 0.6) is 0 Å². The Labute approximate surface area is 117 Å². The standard InChI is InChI=1S/C15H29N3O/c1-11-6-5-8-13(16)14(11)15(19)17-10-12-7-3-4-9-18(12)2/h11-14H,3-10,16H2,1-2H3,(H,17,19). The van der Waals surface area contributed by atoms with Gasteiger partial charge in [-0.25, -0.2) is 0 Å². The molecule has 1 amide bonds. The molecule has 0 aromatic carbocycles. The van der Waals surface area contributed by atoms with E-state index in [4.69, 9.17) is 5.73 Å². The van der Waals surface area contributed by atoms with Gasteiger partial charge in [-0.1, -0.05) is 19.8 Å². The van der Waals surface area contributed by atoms with E-state index in [0.717, 1.165) is 32.4 Å². The molecule has 4 heteroatoms. The van der Waals surface area contributed by atoms with E-state index in [1.165, 1.54) is 19.3 Å². The third-order valence-corrected chi connectivity index (χ3v) is 5.01. The van der Waals surface area contributed by atoms with Gasteiger partial charge in [-0.3, -0.25) is 4.79 Å². The number of piperidine rings is 1. The molecule has 0 radical (unpaired) electrons. The Morgan fingerprint density at radius 1 is 1.26 bits per heavy atom. The minimum Gasteiger partial charge on any atom is -0.354 e. The summed E-state index contributed by atoms with van der Waals surface area (Å²) >= 11 is 0. The van der Waals surface area contributed by atoms with Crippen molar-refractivity contribution in [2.45, 2.75) is 57.5 Å². The average molecular weight is 267 g/mol. The van der Waals surface area contributed by atoms with Gasteiger partial charge in [0, 0.05) is 18.6 Å². The van der Waals surface area contributed by atoms with E-state index in [9.17, 15) is 4.79 Å². The van der Waals surface area contributed by atoms with Gasteiger partial charge < -0.3 is 16.0 Å².